The SMILES string of the molecule is CCC(CN)C1Oc2ccccc2N(C)C1=O. The first-order chi connectivity index (χ1) is 8.19. The lowest BCUT2D eigenvalue weighted by Crippen LogP contribution is -2.49. The Morgan fingerprint density at radius 1 is 1.47 bits per heavy atom. The molecule has 0 aliphatic carbocycles. The maximum absolute atomic E-state index is 12.2. The second kappa shape index (κ2) is 4.75. The van der Waals surface area contributed by atoms with E-state index in [4.69, 9.17) is 10.5 Å². The van der Waals surface area contributed by atoms with Crippen molar-refractivity contribution in [3.05, 3.63) is 24.3 Å². The Balaban J connectivity index is 2.33. The molecule has 1 aliphatic heterocycles. The lowest BCUT2D eigenvalue weighted by molar-refractivity contribution is -0.128. The Bertz CT molecular complexity index is 416. The normalized spacial score (nSPS) is 20.8. The topological polar surface area (TPSA) is 55.6 Å². The maximum Gasteiger partial charge on any atom is 0.268 e. The summed E-state index contributed by atoms with van der Waals surface area (Å²) in [6, 6.07) is 7.57. The molecular formula is C13H18N2O2. The van der Waals surface area contributed by atoms with Gasteiger partial charge in [-0.05, 0) is 25.1 Å². The zero-order valence-corrected chi connectivity index (χ0v) is 10.2. The van der Waals surface area contributed by atoms with Gasteiger partial charge < -0.3 is 15.4 Å². The van der Waals surface area contributed by atoms with E-state index < -0.39 is 6.10 Å². The first kappa shape index (κ1) is 11.9. The molecule has 1 aliphatic rings. The third-order valence-corrected chi connectivity index (χ3v) is 3.31. The predicted octanol–water partition coefficient (Wildman–Crippen LogP) is 1.40. The molecule has 4 heteroatoms. The summed E-state index contributed by atoms with van der Waals surface area (Å²) in [4.78, 5) is 13.8. The Hall–Kier alpha value is -1.55. The Morgan fingerprint density at radius 3 is 2.82 bits per heavy atom. The van der Waals surface area contributed by atoms with E-state index in [1.807, 2.05) is 31.2 Å². The van der Waals surface area contributed by atoms with Crippen molar-refractivity contribution in [3.63, 3.8) is 0 Å². The van der Waals surface area contributed by atoms with Gasteiger partial charge in [0.05, 0.1) is 5.69 Å². The molecule has 17 heavy (non-hydrogen) atoms. The minimum absolute atomic E-state index is 0.0130. The summed E-state index contributed by atoms with van der Waals surface area (Å²) < 4.78 is 5.79. The third-order valence-electron chi connectivity index (χ3n) is 3.31. The molecule has 1 amide bonds. The van der Waals surface area contributed by atoms with Gasteiger partial charge in [-0.3, -0.25) is 4.79 Å². The lowest BCUT2D eigenvalue weighted by atomic mass is 9.97. The van der Waals surface area contributed by atoms with Crippen LogP contribution in [0.5, 0.6) is 5.75 Å². The summed E-state index contributed by atoms with van der Waals surface area (Å²) in [6.07, 6.45) is 0.382. The minimum atomic E-state index is -0.454. The van der Waals surface area contributed by atoms with Crippen LogP contribution in [0.15, 0.2) is 24.3 Å². The molecule has 92 valence electrons. The number of nitrogens with zero attached hydrogens (tertiary/aromatic N) is 1. The molecule has 2 N–H and O–H groups in total. The zero-order valence-electron chi connectivity index (χ0n) is 10.2. The summed E-state index contributed by atoms with van der Waals surface area (Å²) in [6.45, 7) is 2.48. The highest BCUT2D eigenvalue weighted by atomic mass is 16.5. The summed E-state index contributed by atoms with van der Waals surface area (Å²) in [5, 5.41) is 0. The van der Waals surface area contributed by atoms with Crippen LogP contribution < -0.4 is 15.4 Å². The van der Waals surface area contributed by atoms with E-state index in [1.165, 1.54) is 0 Å². The van der Waals surface area contributed by atoms with Crippen LogP contribution in [0.25, 0.3) is 0 Å². The predicted molar refractivity (Wildman–Crippen MR) is 67.1 cm³/mol. The molecule has 1 aromatic carbocycles. The van der Waals surface area contributed by atoms with Crippen LogP contribution in [-0.4, -0.2) is 25.6 Å². The van der Waals surface area contributed by atoms with Gasteiger partial charge in [0.2, 0.25) is 0 Å². The molecule has 2 rings (SSSR count). The van der Waals surface area contributed by atoms with Gasteiger partial charge in [-0.15, -0.1) is 0 Å². The molecule has 0 aromatic heterocycles. The van der Waals surface area contributed by atoms with Crippen molar-refractivity contribution in [2.24, 2.45) is 11.7 Å². The summed E-state index contributed by atoms with van der Waals surface area (Å²) >= 11 is 0. The number of carbonyl (C=O) groups is 1. The number of anilines is 1. The fraction of sp³-hybridized carbons (Fsp3) is 0.462. The quantitative estimate of drug-likeness (QED) is 0.860. The fourth-order valence-corrected chi connectivity index (χ4v) is 2.13. The van der Waals surface area contributed by atoms with Gasteiger partial charge in [0, 0.05) is 13.0 Å². The van der Waals surface area contributed by atoms with E-state index >= 15 is 0 Å². The average molecular weight is 234 g/mol. The van der Waals surface area contributed by atoms with E-state index in [-0.39, 0.29) is 11.8 Å². The number of carbonyl (C=O) groups excluding carboxylic acids is 1. The largest absolute Gasteiger partial charge is 0.478 e. The van der Waals surface area contributed by atoms with Gasteiger partial charge in [-0.25, -0.2) is 0 Å². The van der Waals surface area contributed by atoms with Crippen LogP contribution in [0.2, 0.25) is 0 Å². The summed E-state index contributed by atoms with van der Waals surface area (Å²) in [7, 11) is 1.78. The third kappa shape index (κ3) is 2.00. The standard InChI is InChI=1S/C13H18N2O2/c1-3-9(8-14)12-13(16)15(2)10-6-4-5-7-11(10)17-12/h4-7,9,12H,3,8,14H2,1-2H3. The molecule has 1 aromatic rings. The molecular weight excluding hydrogens is 216 g/mol. The Kier molecular flexibility index (Phi) is 3.33. The van der Waals surface area contributed by atoms with Gasteiger partial charge >= 0.3 is 0 Å². The minimum Gasteiger partial charge on any atom is -0.478 e. The number of likely N-dealkylation sites (N-methyl/N-ethyl adjacent to an activating group) is 1. The number of amides is 1. The zero-order chi connectivity index (χ0) is 12.4. The van der Waals surface area contributed by atoms with Crippen molar-refractivity contribution >= 4 is 11.6 Å². The van der Waals surface area contributed by atoms with E-state index in [0.717, 1.165) is 17.9 Å². The number of ether oxygens (including phenoxy) is 1. The summed E-state index contributed by atoms with van der Waals surface area (Å²) in [5.74, 6) is 0.811. The second-order valence-electron chi connectivity index (χ2n) is 4.31. The lowest BCUT2D eigenvalue weighted by Gasteiger charge is -2.35. The second-order valence-corrected chi connectivity index (χ2v) is 4.31. The number of para-hydroxylation sites is 2. The monoisotopic (exact) mass is 234 g/mol. The highest BCUT2D eigenvalue weighted by Crippen LogP contribution is 2.34. The van der Waals surface area contributed by atoms with Gasteiger partial charge in [-0.2, -0.15) is 0 Å². The molecule has 0 saturated heterocycles. The van der Waals surface area contributed by atoms with Crippen molar-refractivity contribution in [1.29, 1.82) is 0 Å². The maximum atomic E-state index is 12.2. The molecule has 0 bridgehead atoms. The molecule has 0 fully saturated rings. The van der Waals surface area contributed by atoms with Gasteiger partial charge in [0.1, 0.15) is 5.75 Å². The highest BCUT2D eigenvalue weighted by Gasteiger charge is 2.36. The summed E-state index contributed by atoms with van der Waals surface area (Å²) in [5.41, 5.74) is 6.51. The van der Waals surface area contributed by atoms with Crippen molar-refractivity contribution in [3.8, 4) is 5.75 Å². The highest BCUT2D eigenvalue weighted by molar-refractivity contribution is 5.99. The number of nitrogens with two attached hydrogens (primary N) is 1. The first-order valence-corrected chi connectivity index (χ1v) is 5.92. The molecule has 2 atom stereocenters. The van der Waals surface area contributed by atoms with Gasteiger partial charge in [-0.1, -0.05) is 19.1 Å². The van der Waals surface area contributed by atoms with Crippen LogP contribution in [0, 0.1) is 5.92 Å². The number of benzene rings is 1. The van der Waals surface area contributed by atoms with E-state index in [0.29, 0.717) is 6.54 Å². The molecule has 0 spiro atoms. The van der Waals surface area contributed by atoms with Crippen LogP contribution in [0.3, 0.4) is 0 Å². The molecule has 0 saturated carbocycles. The van der Waals surface area contributed by atoms with Crippen molar-refractivity contribution < 1.29 is 9.53 Å². The Morgan fingerprint density at radius 2 is 2.18 bits per heavy atom. The van der Waals surface area contributed by atoms with Crippen molar-refractivity contribution in [2.45, 2.75) is 19.4 Å². The Labute approximate surface area is 101 Å². The molecule has 0 radical (unpaired) electrons. The van der Waals surface area contributed by atoms with E-state index in [9.17, 15) is 4.79 Å². The van der Waals surface area contributed by atoms with Crippen molar-refractivity contribution in [1.82, 2.24) is 0 Å². The van der Waals surface area contributed by atoms with E-state index in [1.54, 1.807) is 11.9 Å². The molecule has 1 heterocycles. The van der Waals surface area contributed by atoms with Crippen LogP contribution in [0.4, 0.5) is 5.69 Å². The smallest absolute Gasteiger partial charge is 0.268 e. The number of hydrogen-bond acceptors (Lipinski definition) is 3. The van der Waals surface area contributed by atoms with Crippen LogP contribution in [0.1, 0.15) is 13.3 Å². The number of rotatable bonds is 3. The first-order valence-electron chi connectivity index (χ1n) is 5.92. The number of fused-ring (bicyclic) bond motifs is 1. The van der Waals surface area contributed by atoms with Gasteiger partial charge in [0.15, 0.2) is 6.10 Å². The van der Waals surface area contributed by atoms with Crippen LogP contribution >= 0.6 is 0 Å². The van der Waals surface area contributed by atoms with Crippen LogP contribution in [-0.2, 0) is 4.79 Å². The molecule has 2 unspecified atom stereocenters. The van der Waals surface area contributed by atoms with E-state index in [2.05, 4.69) is 0 Å². The average Bonchev–Trinajstić information content (AvgIpc) is 2.37. The fourth-order valence-electron chi connectivity index (χ4n) is 2.13. The van der Waals surface area contributed by atoms with Crippen molar-refractivity contribution in [2.75, 3.05) is 18.5 Å². The molecule has 4 nitrogen and oxygen atoms in total. The van der Waals surface area contributed by atoms with Gasteiger partial charge in [0.25, 0.3) is 5.91 Å². The number of hydrogen-bond donors (Lipinski definition) is 1.